The smallest absolute Gasteiger partial charge is 0.319 e. The highest BCUT2D eigenvalue weighted by atomic mass is 79.9. The van der Waals surface area contributed by atoms with Gasteiger partial charge >= 0.3 is 6.03 Å². The lowest BCUT2D eigenvalue weighted by molar-refractivity contribution is 0.252. The highest BCUT2D eigenvalue weighted by Crippen LogP contribution is 2.12. The average Bonchev–Trinajstić information content (AvgIpc) is 2.90. The molecule has 2 N–H and O–H groups in total. The minimum absolute atomic E-state index is 0.210. The lowest BCUT2D eigenvalue weighted by atomic mass is 10.3. The molecule has 0 aliphatic heterocycles. The van der Waals surface area contributed by atoms with E-state index in [-0.39, 0.29) is 6.03 Å². The molecule has 5 nitrogen and oxygen atoms in total. The number of para-hydroxylation sites is 1. The lowest BCUT2D eigenvalue weighted by Gasteiger charge is -2.06. The van der Waals surface area contributed by atoms with Crippen LogP contribution in [0.25, 0.3) is 5.65 Å². The number of urea groups is 1. The molecule has 2 heterocycles. The molecule has 2 amide bonds. The number of hydrogen-bond donors (Lipinski definition) is 2. The molecule has 6 heteroatoms. The number of nitrogens with zero attached hydrogens (tertiary/aromatic N) is 2. The van der Waals surface area contributed by atoms with Gasteiger partial charge in [-0.1, -0.05) is 18.2 Å². The second-order valence-corrected chi connectivity index (χ2v) is 5.76. The van der Waals surface area contributed by atoms with Crippen LogP contribution in [-0.2, 0) is 6.42 Å². The van der Waals surface area contributed by atoms with E-state index in [0.29, 0.717) is 13.0 Å². The van der Waals surface area contributed by atoms with Crippen LogP contribution < -0.4 is 10.6 Å². The Labute approximate surface area is 136 Å². The first-order valence-electron chi connectivity index (χ1n) is 6.94. The number of anilines is 1. The maximum absolute atomic E-state index is 11.8. The van der Waals surface area contributed by atoms with Crippen LogP contribution in [0.5, 0.6) is 0 Å². The Morgan fingerprint density at radius 3 is 2.77 bits per heavy atom. The first-order chi connectivity index (χ1) is 10.7. The second kappa shape index (κ2) is 6.62. The van der Waals surface area contributed by atoms with Gasteiger partial charge in [0.1, 0.15) is 5.65 Å². The van der Waals surface area contributed by atoms with E-state index >= 15 is 0 Å². The van der Waals surface area contributed by atoms with E-state index in [1.165, 1.54) is 0 Å². The summed E-state index contributed by atoms with van der Waals surface area (Å²) in [5.74, 6) is 0. The van der Waals surface area contributed by atoms with Gasteiger partial charge in [-0.15, -0.1) is 0 Å². The minimum Gasteiger partial charge on any atom is -0.337 e. The van der Waals surface area contributed by atoms with Crippen molar-refractivity contribution in [3.05, 3.63) is 65.0 Å². The Kier molecular flexibility index (Phi) is 4.39. The van der Waals surface area contributed by atoms with Crippen molar-refractivity contribution in [1.29, 1.82) is 0 Å². The van der Waals surface area contributed by atoms with Crippen LogP contribution in [0.4, 0.5) is 10.5 Å². The van der Waals surface area contributed by atoms with E-state index in [9.17, 15) is 4.79 Å². The highest BCUT2D eigenvalue weighted by Gasteiger charge is 2.04. The van der Waals surface area contributed by atoms with Crippen LogP contribution in [-0.4, -0.2) is 22.0 Å². The van der Waals surface area contributed by atoms with Crippen molar-refractivity contribution in [2.75, 3.05) is 11.9 Å². The molecule has 0 fully saturated rings. The van der Waals surface area contributed by atoms with Crippen molar-refractivity contribution >= 4 is 33.3 Å². The number of halogens is 1. The number of amides is 2. The van der Waals surface area contributed by atoms with Gasteiger partial charge in [0.15, 0.2) is 0 Å². The molecule has 0 unspecified atom stereocenters. The van der Waals surface area contributed by atoms with Gasteiger partial charge in [-0.3, -0.25) is 0 Å². The summed E-state index contributed by atoms with van der Waals surface area (Å²) in [6.07, 6.45) is 4.61. The van der Waals surface area contributed by atoms with Crippen molar-refractivity contribution in [1.82, 2.24) is 14.7 Å². The zero-order chi connectivity index (χ0) is 15.4. The van der Waals surface area contributed by atoms with Gasteiger partial charge in [-0.25, -0.2) is 9.78 Å². The molecule has 0 saturated heterocycles. The fourth-order valence-electron chi connectivity index (χ4n) is 2.14. The van der Waals surface area contributed by atoms with Crippen molar-refractivity contribution < 1.29 is 4.79 Å². The summed E-state index contributed by atoms with van der Waals surface area (Å²) in [5, 5.41) is 5.61. The predicted octanol–water partition coefficient (Wildman–Crippen LogP) is 3.46. The van der Waals surface area contributed by atoms with Crippen molar-refractivity contribution in [2.45, 2.75) is 6.42 Å². The Morgan fingerprint density at radius 1 is 1.14 bits per heavy atom. The van der Waals surface area contributed by atoms with Crippen LogP contribution in [0.2, 0.25) is 0 Å². The molecule has 0 spiro atoms. The van der Waals surface area contributed by atoms with Gasteiger partial charge in [0.05, 0.1) is 5.69 Å². The number of nitrogens with one attached hydrogen (secondary N) is 2. The molecule has 2 aromatic heterocycles. The summed E-state index contributed by atoms with van der Waals surface area (Å²) >= 11 is 3.43. The molecule has 3 aromatic rings. The topological polar surface area (TPSA) is 58.4 Å². The number of imidazole rings is 1. The van der Waals surface area contributed by atoms with Crippen LogP contribution >= 0.6 is 15.9 Å². The summed E-state index contributed by atoms with van der Waals surface area (Å²) in [6.45, 7) is 0.531. The molecule has 1 aromatic carbocycles. The summed E-state index contributed by atoms with van der Waals surface area (Å²) < 4.78 is 2.97. The van der Waals surface area contributed by atoms with E-state index in [2.05, 4.69) is 31.5 Å². The van der Waals surface area contributed by atoms with Crippen LogP contribution in [0.3, 0.4) is 0 Å². The summed E-state index contributed by atoms with van der Waals surface area (Å²) in [6, 6.07) is 13.1. The van der Waals surface area contributed by atoms with Gasteiger partial charge in [0, 0.05) is 35.5 Å². The van der Waals surface area contributed by atoms with Gasteiger partial charge in [-0.05, 0) is 40.2 Å². The third kappa shape index (κ3) is 3.65. The monoisotopic (exact) mass is 358 g/mol. The number of carbonyl (C=O) groups excluding carboxylic acids is 1. The molecule has 0 aliphatic rings. The number of fused-ring (bicyclic) bond motifs is 1. The maximum Gasteiger partial charge on any atom is 0.319 e. The molecular formula is C16H15BrN4O. The fourth-order valence-corrected chi connectivity index (χ4v) is 2.49. The Morgan fingerprint density at radius 2 is 1.95 bits per heavy atom. The Bertz CT molecular complexity index is 785. The Balaban J connectivity index is 1.52. The standard InChI is InChI=1S/C16H15BrN4O/c17-12-6-7-15-19-14(11-21(15)10-12)8-9-18-16(22)20-13-4-2-1-3-5-13/h1-7,10-11H,8-9H2,(H2,18,20,22). The van der Waals surface area contributed by atoms with Gasteiger partial charge in [0.25, 0.3) is 0 Å². The number of pyridine rings is 1. The number of benzene rings is 1. The Hall–Kier alpha value is -2.34. The zero-order valence-electron chi connectivity index (χ0n) is 11.8. The lowest BCUT2D eigenvalue weighted by Crippen LogP contribution is -2.30. The molecule has 0 bridgehead atoms. The van der Waals surface area contributed by atoms with Crippen LogP contribution in [0.15, 0.2) is 59.3 Å². The van der Waals surface area contributed by atoms with E-state index in [4.69, 9.17) is 0 Å². The summed E-state index contributed by atoms with van der Waals surface area (Å²) in [4.78, 5) is 16.3. The molecule has 0 radical (unpaired) electrons. The SMILES string of the molecule is O=C(NCCc1cn2cc(Br)ccc2n1)Nc1ccccc1. The van der Waals surface area contributed by atoms with E-state index in [0.717, 1.165) is 21.5 Å². The quantitative estimate of drug-likeness (QED) is 0.750. The molecule has 0 aliphatic carbocycles. The first-order valence-corrected chi connectivity index (χ1v) is 7.73. The average molecular weight is 359 g/mol. The number of rotatable bonds is 4. The van der Waals surface area contributed by atoms with E-state index in [1.54, 1.807) is 0 Å². The fraction of sp³-hybridized carbons (Fsp3) is 0.125. The first kappa shape index (κ1) is 14.6. The number of aromatic nitrogens is 2. The van der Waals surface area contributed by atoms with E-state index in [1.807, 2.05) is 59.3 Å². The van der Waals surface area contributed by atoms with Crippen molar-refractivity contribution in [3.8, 4) is 0 Å². The van der Waals surface area contributed by atoms with Gasteiger partial charge < -0.3 is 15.0 Å². The maximum atomic E-state index is 11.8. The molecule has 3 rings (SSSR count). The largest absolute Gasteiger partial charge is 0.337 e. The molecule has 0 saturated carbocycles. The molecule has 0 atom stereocenters. The molecule has 112 valence electrons. The van der Waals surface area contributed by atoms with Gasteiger partial charge in [0.2, 0.25) is 0 Å². The van der Waals surface area contributed by atoms with Crippen molar-refractivity contribution in [3.63, 3.8) is 0 Å². The number of hydrogen-bond acceptors (Lipinski definition) is 2. The summed E-state index contributed by atoms with van der Waals surface area (Å²) in [7, 11) is 0. The third-order valence-corrected chi connectivity index (χ3v) is 3.63. The summed E-state index contributed by atoms with van der Waals surface area (Å²) in [5.41, 5.74) is 2.61. The molecular weight excluding hydrogens is 344 g/mol. The minimum atomic E-state index is -0.210. The normalized spacial score (nSPS) is 10.6. The highest BCUT2D eigenvalue weighted by molar-refractivity contribution is 9.10. The van der Waals surface area contributed by atoms with Crippen LogP contribution in [0, 0.1) is 0 Å². The van der Waals surface area contributed by atoms with E-state index < -0.39 is 0 Å². The number of carbonyl (C=O) groups is 1. The van der Waals surface area contributed by atoms with Gasteiger partial charge in [-0.2, -0.15) is 0 Å². The zero-order valence-corrected chi connectivity index (χ0v) is 13.4. The predicted molar refractivity (Wildman–Crippen MR) is 90.1 cm³/mol. The van der Waals surface area contributed by atoms with Crippen molar-refractivity contribution in [2.24, 2.45) is 0 Å². The second-order valence-electron chi connectivity index (χ2n) is 4.84. The molecule has 22 heavy (non-hydrogen) atoms. The third-order valence-electron chi connectivity index (χ3n) is 3.16. The van der Waals surface area contributed by atoms with Crippen LogP contribution in [0.1, 0.15) is 5.69 Å².